The van der Waals surface area contributed by atoms with Crippen LogP contribution in [0.3, 0.4) is 0 Å². The first kappa shape index (κ1) is 20.0. The van der Waals surface area contributed by atoms with Gasteiger partial charge in [-0.2, -0.15) is 0 Å². The van der Waals surface area contributed by atoms with Crippen LogP contribution in [0.1, 0.15) is 78.1 Å². The van der Waals surface area contributed by atoms with Crippen molar-refractivity contribution in [3.63, 3.8) is 0 Å². The van der Waals surface area contributed by atoms with Crippen molar-refractivity contribution in [1.29, 1.82) is 0 Å². The summed E-state index contributed by atoms with van der Waals surface area (Å²) in [6.07, 6.45) is 13.7. The molecule has 132 valence electrons. The molecular formula is C21H37NO. The molecule has 0 aliphatic carbocycles. The van der Waals surface area contributed by atoms with Crippen molar-refractivity contribution < 1.29 is 4.74 Å². The van der Waals surface area contributed by atoms with Crippen LogP contribution in [0.2, 0.25) is 0 Å². The SMILES string of the molecule is CCCCCCCCCC(CCCNc1ccccc1)OCC. The molecule has 0 bridgehead atoms. The van der Waals surface area contributed by atoms with Gasteiger partial charge in [-0.05, 0) is 38.3 Å². The zero-order valence-electron chi connectivity index (χ0n) is 15.4. The van der Waals surface area contributed by atoms with Gasteiger partial charge in [-0.15, -0.1) is 0 Å². The number of hydrogen-bond acceptors (Lipinski definition) is 2. The monoisotopic (exact) mass is 319 g/mol. The van der Waals surface area contributed by atoms with Gasteiger partial charge in [-0.3, -0.25) is 0 Å². The van der Waals surface area contributed by atoms with E-state index in [-0.39, 0.29) is 0 Å². The normalized spacial score (nSPS) is 12.3. The molecule has 0 aromatic heterocycles. The van der Waals surface area contributed by atoms with Crippen molar-refractivity contribution in [3.8, 4) is 0 Å². The number of anilines is 1. The third-order valence-corrected chi connectivity index (χ3v) is 4.34. The maximum Gasteiger partial charge on any atom is 0.0575 e. The molecule has 1 atom stereocenters. The Labute approximate surface area is 144 Å². The summed E-state index contributed by atoms with van der Waals surface area (Å²) in [5.74, 6) is 0. The Morgan fingerprint density at radius 2 is 1.48 bits per heavy atom. The molecule has 0 aliphatic rings. The summed E-state index contributed by atoms with van der Waals surface area (Å²) in [4.78, 5) is 0. The van der Waals surface area contributed by atoms with Crippen LogP contribution in [0.4, 0.5) is 5.69 Å². The Bertz CT molecular complexity index is 352. The van der Waals surface area contributed by atoms with Crippen LogP contribution < -0.4 is 5.32 Å². The molecular weight excluding hydrogens is 282 g/mol. The minimum atomic E-state index is 0.452. The Morgan fingerprint density at radius 3 is 2.17 bits per heavy atom. The van der Waals surface area contributed by atoms with E-state index in [1.807, 2.05) is 0 Å². The van der Waals surface area contributed by atoms with Gasteiger partial charge in [0.15, 0.2) is 0 Å². The van der Waals surface area contributed by atoms with E-state index >= 15 is 0 Å². The van der Waals surface area contributed by atoms with Crippen LogP contribution in [0.25, 0.3) is 0 Å². The first-order valence-corrected chi connectivity index (χ1v) is 9.77. The lowest BCUT2D eigenvalue weighted by Gasteiger charge is -2.17. The lowest BCUT2D eigenvalue weighted by molar-refractivity contribution is 0.0481. The summed E-state index contributed by atoms with van der Waals surface area (Å²) in [6.45, 7) is 6.26. The summed E-state index contributed by atoms with van der Waals surface area (Å²) in [7, 11) is 0. The van der Waals surface area contributed by atoms with E-state index < -0.39 is 0 Å². The number of ether oxygens (including phenoxy) is 1. The van der Waals surface area contributed by atoms with Crippen LogP contribution in [0, 0.1) is 0 Å². The fourth-order valence-corrected chi connectivity index (χ4v) is 2.99. The van der Waals surface area contributed by atoms with Gasteiger partial charge in [-0.25, -0.2) is 0 Å². The van der Waals surface area contributed by atoms with Gasteiger partial charge >= 0.3 is 0 Å². The van der Waals surface area contributed by atoms with E-state index in [0.717, 1.165) is 13.2 Å². The molecule has 0 saturated carbocycles. The minimum Gasteiger partial charge on any atom is -0.385 e. The standard InChI is InChI=1S/C21H37NO/c1-3-5-6-7-8-9-13-17-21(23-4-2)18-14-19-22-20-15-11-10-12-16-20/h10-12,15-16,21-22H,3-9,13-14,17-19H2,1-2H3. The number of hydrogen-bond donors (Lipinski definition) is 1. The highest BCUT2D eigenvalue weighted by molar-refractivity contribution is 5.42. The highest BCUT2D eigenvalue weighted by Gasteiger charge is 2.07. The van der Waals surface area contributed by atoms with Gasteiger partial charge in [0, 0.05) is 18.8 Å². The zero-order chi connectivity index (χ0) is 16.6. The average molecular weight is 320 g/mol. The molecule has 2 nitrogen and oxygen atoms in total. The Hall–Kier alpha value is -1.02. The molecule has 1 aromatic carbocycles. The van der Waals surface area contributed by atoms with E-state index in [2.05, 4.69) is 49.5 Å². The highest BCUT2D eigenvalue weighted by Crippen LogP contribution is 2.15. The van der Waals surface area contributed by atoms with E-state index in [9.17, 15) is 0 Å². The van der Waals surface area contributed by atoms with Gasteiger partial charge in [0.2, 0.25) is 0 Å². The Morgan fingerprint density at radius 1 is 0.826 bits per heavy atom. The zero-order valence-corrected chi connectivity index (χ0v) is 15.4. The molecule has 1 rings (SSSR count). The molecule has 0 radical (unpaired) electrons. The fraction of sp³-hybridized carbons (Fsp3) is 0.714. The molecule has 0 amide bonds. The average Bonchev–Trinajstić information content (AvgIpc) is 2.58. The second-order valence-electron chi connectivity index (χ2n) is 6.42. The molecule has 23 heavy (non-hydrogen) atoms. The Balaban J connectivity index is 2.04. The molecule has 1 unspecified atom stereocenters. The summed E-state index contributed by atoms with van der Waals surface area (Å²) >= 11 is 0. The lowest BCUT2D eigenvalue weighted by atomic mass is 10.0. The predicted octanol–water partition coefficient (Wildman–Crippen LogP) is 6.42. The quantitative estimate of drug-likeness (QED) is 0.376. The fourth-order valence-electron chi connectivity index (χ4n) is 2.99. The molecule has 0 spiro atoms. The topological polar surface area (TPSA) is 21.3 Å². The van der Waals surface area contributed by atoms with E-state index in [1.165, 1.54) is 69.9 Å². The van der Waals surface area contributed by atoms with Crippen molar-refractivity contribution in [1.82, 2.24) is 0 Å². The summed E-state index contributed by atoms with van der Waals surface area (Å²) in [5, 5.41) is 3.48. The van der Waals surface area contributed by atoms with Crippen LogP contribution in [-0.4, -0.2) is 19.3 Å². The van der Waals surface area contributed by atoms with Crippen LogP contribution >= 0.6 is 0 Å². The molecule has 0 aliphatic heterocycles. The lowest BCUT2D eigenvalue weighted by Crippen LogP contribution is -2.15. The van der Waals surface area contributed by atoms with Gasteiger partial charge in [0.05, 0.1) is 6.10 Å². The molecule has 0 fully saturated rings. The minimum absolute atomic E-state index is 0.452. The first-order chi connectivity index (χ1) is 11.4. The van der Waals surface area contributed by atoms with Gasteiger partial charge < -0.3 is 10.1 Å². The third-order valence-electron chi connectivity index (χ3n) is 4.34. The van der Waals surface area contributed by atoms with Gasteiger partial charge in [0.25, 0.3) is 0 Å². The van der Waals surface area contributed by atoms with E-state index in [4.69, 9.17) is 4.74 Å². The largest absolute Gasteiger partial charge is 0.385 e. The van der Waals surface area contributed by atoms with Crippen molar-refractivity contribution in [2.75, 3.05) is 18.5 Å². The highest BCUT2D eigenvalue weighted by atomic mass is 16.5. The van der Waals surface area contributed by atoms with E-state index in [0.29, 0.717) is 6.10 Å². The summed E-state index contributed by atoms with van der Waals surface area (Å²) in [6, 6.07) is 10.5. The number of rotatable bonds is 15. The summed E-state index contributed by atoms with van der Waals surface area (Å²) < 4.78 is 5.91. The van der Waals surface area contributed by atoms with Crippen molar-refractivity contribution >= 4 is 5.69 Å². The predicted molar refractivity (Wildman–Crippen MR) is 102 cm³/mol. The second-order valence-corrected chi connectivity index (χ2v) is 6.42. The van der Waals surface area contributed by atoms with Gasteiger partial charge in [-0.1, -0.05) is 70.1 Å². The number of para-hydroxylation sites is 1. The van der Waals surface area contributed by atoms with Crippen molar-refractivity contribution in [2.24, 2.45) is 0 Å². The molecule has 0 saturated heterocycles. The number of benzene rings is 1. The Kier molecular flexibility index (Phi) is 12.7. The number of unbranched alkanes of at least 4 members (excludes halogenated alkanes) is 6. The number of nitrogens with one attached hydrogen (secondary N) is 1. The second kappa shape index (κ2) is 14.6. The molecule has 1 N–H and O–H groups in total. The van der Waals surface area contributed by atoms with Gasteiger partial charge in [0.1, 0.15) is 0 Å². The molecule has 1 aromatic rings. The summed E-state index contributed by atoms with van der Waals surface area (Å²) in [5.41, 5.74) is 1.22. The van der Waals surface area contributed by atoms with Crippen molar-refractivity contribution in [3.05, 3.63) is 30.3 Å². The third kappa shape index (κ3) is 11.2. The maximum atomic E-state index is 5.91. The van der Waals surface area contributed by atoms with Crippen LogP contribution in [0.15, 0.2) is 30.3 Å². The molecule has 0 heterocycles. The maximum absolute atomic E-state index is 5.91. The van der Waals surface area contributed by atoms with Crippen LogP contribution in [-0.2, 0) is 4.74 Å². The smallest absolute Gasteiger partial charge is 0.0575 e. The van der Waals surface area contributed by atoms with E-state index in [1.54, 1.807) is 0 Å². The molecule has 2 heteroatoms. The first-order valence-electron chi connectivity index (χ1n) is 9.77. The van der Waals surface area contributed by atoms with Crippen molar-refractivity contribution in [2.45, 2.75) is 84.2 Å². The van der Waals surface area contributed by atoms with Crippen LogP contribution in [0.5, 0.6) is 0 Å².